The van der Waals surface area contributed by atoms with Gasteiger partial charge in [0.25, 0.3) is 0 Å². The van der Waals surface area contributed by atoms with E-state index in [2.05, 4.69) is 45.1 Å². The number of aromatic nitrogens is 2. The molecule has 3 rings (SSSR count). The van der Waals surface area contributed by atoms with Gasteiger partial charge in [-0.05, 0) is 25.3 Å². The van der Waals surface area contributed by atoms with Crippen LogP contribution in [0.15, 0.2) is 17.8 Å². The third-order valence-electron chi connectivity index (χ3n) is 4.21. The first-order valence-corrected chi connectivity index (χ1v) is 8.27. The van der Waals surface area contributed by atoms with Gasteiger partial charge in [0.05, 0.1) is 15.9 Å². The number of hydrogen-bond acceptors (Lipinski definition) is 6. The van der Waals surface area contributed by atoms with Crippen LogP contribution in [0.5, 0.6) is 0 Å². The minimum Gasteiger partial charge on any atom is -0.392 e. The quantitative estimate of drug-likeness (QED) is 0.871. The third kappa shape index (κ3) is 2.61. The van der Waals surface area contributed by atoms with Crippen LogP contribution in [0.1, 0.15) is 13.8 Å². The van der Waals surface area contributed by atoms with E-state index in [1.165, 1.54) is 0 Å². The Bertz CT molecular complexity index is 658. The standard InChI is InChI=1S/C14H19N5S2/c1-14(2,13(15)20)19-6-4-18(5-7-19)11-10-3-8-21-12(10)17-9-16-11/h3,8-9H,4-7H2,1-2H3,(H2,15,20). The first kappa shape index (κ1) is 14.6. The average molecular weight is 321 g/mol. The number of thiocarbonyl (C=S) groups is 1. The van der Waals surface area contributed by atoms with Gasteiger partial charge in [-0.3, -0.25) is 4.90 Å². The van der Waals surface area contributed by atoms with Crippen LogP contribution >= 0.6 is 23.6 Å². The van der Waals surface area contributed by atoms with Crippen molar-refractivity contribution in [2.75, 3.05) is 31.1 Å². The largest absolute Gasteiger partial charge is 0.392 e. The molecule has 0 atom stereocenters. The van der Waals surface area contributed by atoms with Crippen molar-refractivity contribution < 1.29 is 0 Å². The second kappa shape index (κ2) is 5.47. The van der Waals surface area contributed by atoms with Gasteiger partial charge < -0.3 is 10.6 Å². The van der Waals surface area contributed by atoms with Crippen molar-refractivity contribution in [2.24, 2.45) is 5.73 Å². The van der Waals surface area contributed by atoms with Gasteiger partial charge in [0.15, 0.2) is 0 Å². The molecule has 0 radical (unpaired) electrons. The Morgan fingerprint density at radius 1 is 1.29 bits per heavy atom. The molecule has 5 nitrogen and oxygen atoms in total. The van der Waals surface area contributed by atoms with E-state index in [9.17, 15) is 0 Å². The fraction of sp³-hybridized carbons (Fsp3) is 0.500. The number of nitrogens with two attached hydrogens (primary N) is 1. The molecule has 2 aromatic heterocycles. The number of hydrogen-bond donors (Lipinski definition) is 1. The van der Waals surface area contributed by atoms with E-state index in [4.69, 9.17) is 18.0 Å². The number of anilines is 1. The lowest BCUT2D eigenvalue weighted by atomic mass is 10.0. The molecule has 1 fully saturated rings. The summed E-state index contributed by atoms with van der Waals surface area (Å²) in [5.41, 5.74) is 5.63. The Hall–Kier alpha value is -1.31. The molecule has 0 saturated carbocycles. The summed E-state index contributed by atoms with van der Waals surface area (Å²) in [5, 5.41) is 3.21. The highest BCUT2D eigenvalue weighted by Gasteiger charge is 2.32. The predicted molar refractivity (Wildman–Crippen MR) is 92.1 cm³/mol. The number of rotatable bonds is 3. The van der Waals surface area contributed by atoms with Crippen molar-refractivity contribution in [3.63, 3.8) is 0 Å². The van der Waals surface area contributed by atoms with E-state index in [-0.39, 0.29) is 5.54 Å². The minimum atomic E-state index is -0.231. The SMILES string of the molecule is CC(C)(C(N)=S)N1CCN(c2ncnc3sccc23)CC1. The van der Waals surface area contributed by atoms with Crippen molar-refractivity contribution in [3.05, 3.63) is 17.8 Å². The Morgan fingerprint density at radius 2 is 2.00 bits per heavy atom. The molecule has 0 spiro atoms. The molecule has 0 aromatic carbocycles. The first-order chi connectivity index (χ1) is 10.00. The summed E-state index contributed by atoms with van der Waals surface area (Å²) in [5.74, 6) is 1.04. The molecule has 0 aliphatic carbocycles. The van der Waals surface area contributed by atoms with Crippen LogP contribution in [-0.2, 0) is 0 Å². The van der Waals surface area contributed by atoms with E-state index < -0.39 is 0 Å². The Kier molecular flexibility index (Phi) is 3.81. The molecule has 0 unspecified atom stereocenters. The van der Waals surface area contributed by atoms with E-state index in [0.29, 0.717) is 4.99 Å². The van der Waals surface area contributed by atoms with Crippen molar-refractivity contribution >= 4 is 44.6 Å². The van der Waals surface area contributed by atoms with Crippen LogP contribution in [0, 0.1) is 0 Å². The lowest BCUT2D eigenvalue weighted by Crippen LogP contribution is -2.59. The summed E-state index contributed by atoms with van der Waals surface area (Å²) in [6.45, 7) is 7.89. The maximum absolute atomic E-state index is 5.86. The van der Waals surface area contributed by atoms with Crippen LogP contribution in [0.4, 0.5) is 5.82 Å². The van der Waals surface area contributed by atoms with Crippen molar-refractivity contribution in [1.29, 1.82) is 0 Å². The number of fused-ring (bicyclic) bond motifs is 1. The lowest BCUT2D eigenvalue weighted by Gasteiger charge is -2.43. The molecule has 0 bridgehead atoms. The molecule has 2 aromatic rings. The minimum absolute atomic E-state index is 0.231. The Labute approximate surface area is 133 Å². The maximum atomic E-state index is 5.86. The normalized spacial score (nSPS) is 17.3. The van der Waals surface area contributed by atoms with E-state index in [1.807, 2.05) is 0 Å². The highest BCUT2D eigenvalue weighted by Crippen LogP contribution is 2.28. The number of nitrogens with zero attached hydrogens (tertiary/aromatic N) is 4. The van der Waals surface area contributed by atoms with E-state index >= 15 is 0 Å². The second-order valence-corrected chi connectivity index (χ2v) is 7.07. The zero-order valence-corrected chi connectivity index (χ0v) is 13.9. The predicted octanol–water partition coefficient (Wildman–Crippen LogP) is 1.88. The molecule has 7 heteroatoms. The lowest BCUT2D eigenvalue weighted by molar-refractivity contribution is 0.168. The molecule has 21 heavy (non-hydrogen) atoms. The monoisotopic (exact) mass is 321 g/mol. The summed E-state index contributed by atoms with van der Waals surface area (Å²) in [7, 11) is 0. The van der Waals surface area contributed by atoms with Crippen molar-refractivity contribution in [1.82, 2.24) is 14.9 Å². The molecule has 112 valence electrons. The molecule has 3 heterocycles. The summed E-state index contributed by atoms with van der Waals surface area (Å²) < 4.78 is 0. The molecule has 1 saturated heterocycles. The topological polar surface area (TPSA) is 58.3 Å². The molecule has 2 N–H and O–H groups in total. The second-order valence-electron chi connectivity index (χ2n) is 5.73. The summed E-state index contributed by atoms with van der Waals surface area (Å²) in [4.78, 5) is 15.1. The number of piperazine rings is 1. The van der Waals surface area contributed by atoms with E-state index in [1.54, 1.807) is 17.7 Å². The fourth-order valence-electron chi connectivity index (χ4n) is 2.66. The summed E-state index contributed by atoms with van der Waals surface area (Å²) >= 11 is 6.84. The smallest absolute Gasteiger partial charge is 0.140 e. The maximum Gasteiger partial charge on any atom is 0.140 e. The van der Waals surface area contributed by atoms with Gasteiger partial charge in [-0.15, -0.1) is 11.3 Å². The molecule has 0 amide bonds. The number of thiophene rings is 1. The Balaban J connectivity index is 1.77. The van der Waals surface area contributed by atoms with Crippen molar-refractivity contribution in [3.8, 4) is 0 Å². The molecular weight excluding hydrogens is 302 g/mol. The van der Waals surface area contributed by atoms with Gasteiger partial charge in [0, 0.05) is 26.2 Å². The summed E-state index contributed by atoms with van der Waals surface area (Å²) in [6, 6.07) is 2.10. The highest BCUT2D eigenvalue weighted by molar-refractivity contribution is 7.80. The molecule has 1 aliphatic rings. The van der Waals surface area contributed by atoms with Gasteiger partial charge in [-0.25, -0.2) is 9.97 Å². The fourth-order valence-corrected chi connectivity index (χ4v) is 3.52. The zero-order chi connectivity index (χ0) is 15.0. The van der Waals surface area contributed by atoms with Crippen LogP contribution in [0.2, 0.25) is 0 Å². The van der Waals surface area contributed by atoms with Crippen LogP contribution in [0.25, 0.3) is 10.2 Å². The zero-order valence-electron chi connectivity index (χ0n) is 12.2. The Morgan fingerprint density at radius 3 is 2.67 bits per heavy atom. The first-order valence-electron chi connectivity index (χ1n) is 6.98. The van der Waals surface area contributed by atoms with Crippen LogP contribution < -0.4 is 10.6 Å². The van der Waals surface area contributed by atoms with Gasteiger partial charge in [0.2, 0.25) is 0 Å². The average Bonchev–Trinajstić information content (AvgIpc) is 2.95. The van der Waals surface area contributed by atoms with Crippen molar-refractivity contribution in [2.45, 2.75) is 19.4 Å². The van der Waals surface area contributed by atoms with Crippen LogP contribution in [0.3, 0.4) is 0 Å². The van der Waals surface area contributed by atoms with Gasteiger partial charge in [-0.2, -0.15) is 0 Å². The van der Waals surface area contributed by atoms with Crippen LogP contribution in [-0.4, -0.2) is 51.6 Å². The molecular formula is C14H19N5S2. The van der Waals surface area contributed by atoms with Gasteiger partial charge in [0.1, 0.15) is 17.0 Å². The summed E-state index contributed by atoms with van der Waals surface area (Å²) in [6.07, 6.45) is 1.65. The molecule has 1 aliphatic heterocycles. The third-order valence-corrected chi connectivity index (χ3v) is 5.53. The van der Waals surface area contributed by atoms with Gasteiger partial charge in [-0.1, -0.05) is 12.2 Å². The highest BCUT2D eigenvalue weighted by atomic mass is 32.1. The van der Waals surface area contributed by atoms with Gasteiger partial charge >= 0.3 is 0 Å². The van der Waals surface area contributed by atoms with E-state index in [0.717, 1.165) is 42.2 Å².